The molecule has 0 atom stereocenters. The molecule has 0 aliphatic carbocycles. The Bertz CT molecular complexity index is 1270. The van der Waals surface area contributed by atoms with Crippen molar-refractivity contribution in [2.75, 3.05) is 0 Å². The van der Waals surface area contributed by atoms with Gasteiger partial charge in [-0.2, -0.15) is 52.7 Å². The lowest BCUT2D eigenvalue weighted by Gasteiger charge is -2.26. The molecular formula is C28H16BF12P2. The van der Waals surface area contributed by atoms with Gasteiger partial charge >= 0.3 is 24.7 Å². The van der Waals surface area contributed by atoms with Crippen molar-refractivity contribution < 1.29 is 52.7 Å². The zero-order valence-electron chi connectivity index (χ0n) is 21.2. The molecule has 1 radical (unpaired) electrons. The van der Waals surface area contributed by atoms with E-state index in [1.54, 1.807) is 6.72 Å². The molecule has 0 aliphatic rings. The van der Waals surface area contributed by atoms with Crippen LogP contribution in [0.4, 0.5) is 52.7 Å². The van der Waals surface area contributed by atoms with Crippen LogP contribution < -0.4 is 21.2 Å². The normalized spacial score (nSPS) is 13.1. The standard InChI is InChI=1S/C28H16BF12P2/c30-25(31,32)17-1-9-21(10-2-17)42(22-11-3-18(4-12-22)26(33,34)35)29-43(23-13-5-19(6-14-23)27(36,37)38)24-15-7-20(8-16-24)28(39,40)41/h1-16H. The molecule has 0 aliphatic heterocycles. The summed E-state index contributed by atoms with van der Waals surface area (Å²) >= 11 is 0. The molecule has 0 amide bonds. The maximum Gasteiger partial charge on any atom is 0.416 e. The molecule has 0 N–H and O–H groups in total. The third-order valence-electron chi connectivity index (χ3n) is 6.12. The fraction of sp³-hybridized carbons (Fsp3) is 0.143. The third-order valence-corrected chi connectivity index (χ3v) is 11.4. The first kappa shape index (κ1) is 32.9. The van der Waals surface area contributed by atoms with Crippen LogP contribution in [0.3, 0.4) is 0 Å². The van der Waals surface area contributed by atoms with Crippen LogP contribution in [0.1, 0.15) is 22.3 Å². The summed E-state index contributed by atoms with van der Waals surface area (Å²) in [6.45, 7) is 1.58. The van der Waals surface area contributed by atoms with Gasteiger partial charge in [0.25, 0.3) is 0 Å². The molecular weight excluding hydrogens is 637 g/mol. The van der Waals surface area contributed by atoms with E-state index >= 15 is 0 Å². The van der Waals surface area contributed by atoms with Crippen LogP contribution in [0.25, 0.3) is 0 Å². The summed E-state index contributed by atoms with van der Waals surface area (Å²) in [4.78, 5) is 0. The summed E-state index contributed by atoms with van der Waals surface area (Å²) in [5.74, 6) is 0. The molecule has 0 aromatic heterocycles. The van der Waals surface area contributed by atoms with Gasteiger partial charge in [0.2, 0.25) is 6.72 Å². The SMILES string of the molecule is FC(F)(F)c1ccc(P([B]P(c2ccc(C(F)(F)F)cc2)c2ccc(C(F)(F)F)cc2)c2ccc(C(F)(F)F)cc2)cc1. The molecule has 4 aromatic rings. The number of hydrogen-bond donors (Lipinski definition) is 0. The molecule has 15 heteroatoms. The smallest absolute Gasteiger partial charge is 0.166 e. The summed E-state index contributed by atoms with van der Waals surface area (Å²) in [7, 11) is -3.74. The lowest BCUT2D eigenvalue weighted by atomic mass is 10.2. The van der Waals surface area contributed by atoms with E-state index in [0.717, 1.165) is 97.1 Å². The van der Waals surface area contributed by atoms with Gasteiger partial charge in [-0.15, -0.1) is 0 Å². The highest BCUT2D eigenvalue weighted by Gasteiger charge is 2.34. The molecule has 43 heavy (non-hydrogen) atoms. The summed E-state index contributed by atoms with van der Waals surface area (Å²) in [5, 5.41) is 1.09. The zero-order valence-corrected chi connectivity index (χ0v) is 23.0. The highest BCUT2D eigenvalue weighted by atomic mass is 31.2. The van der Waals surface area contributed by atoms with Gasteiger partial charge in [0.1, 0.15) is 0 Å². The number of halogens is 12. The maximum atomic E-state index is 13.2. The number of rotatable bonds is 6. The van der Waals surface area contributed by atoms with Crippen molar-refractivity contribution >= 4 is 43.5 Å². The van der Waals surface area contributed by atoms with E-state index in [1.807, 2.05) is 0 Å². The van der Waals surface area contributed by atoms with Crippen molar-refractivity contribution in [3.63, 3.8) is 0 Å². The lowest BCUT2D eigenvalue weighted by Crippen LogP contribution is -2.23. The van der Waals surface area contributed by atoms with E-state index in [1.165, 1.54) is 0 Å². The van der Waals surface area contributed by atoms with E-state index < -0.39 is 62.6 Å². The monoisotopic (exact) mass is 653 g/mol. The van der Waals surface area contributed by atoms with E-state index in [4.69, 9.17) is 0 Å². The van der Waals surface area contributed by atoms with Gasteiger partial charge in [0, 0.05) is 0 Å². The van der Waals surface area contributed by atoms with E-state index in [0.29, 0.717) is 0 Å². The van der Waals surface area contributed by atoms with Crippen molar-refractivity contribution in [2.24, 2.45) is 0 Å². The number of alkyl halides is 12. The van der Waals surface area contributed by atoms with E-state index in [9.17, 15) is 52.7 Å². The van der Waals surface area contributed by atoms with Crippen LogP contribution in [0.15, 0.2) is 97.1 Å². The highest BCUT2D eigenvalue weighted by Crippen LogP contribution is 2.47. The van der Waals surface area contributed by atoms with Crippen molar-refractivity contribution in [3.8, 4) is 0 Å². The number of benzene rings is 4. The molecule has 0 bridgehead atoms. The van der Waals surface area contributed by atoms with Crippen LogP contribution in [0.2, 0.25) is 0 Å². The average molecular weight is 653 g/mol. The van der Waals surface area contributed by atoms with Crippen LogP contribution in [-0.4, -0.2) is 6.72 Å². The summed E-state index contributed by atoms with van der Waals surface area (Å²) < 4.78 is 159. The Morgan fingerprint density at radius 3 is 0.605 bits per heavy atom. The minimum absolute atomic E-state index is 0.272. The second kappa shape index (κ2) is 12.2. The molecule has 225 valence electrons. The maximum absolute atomic E-state index is 13.2. The van der Waals surface area contributed by atoms with Crippen molar-refractivity contribution in [1.29, 1.82) is 0 Å². The van der Waals surface area contributed by atoms with E-state index in [-0.39, 0.29) is 21.2 Å². The molecule has 0 spiro atoms. The minimum atomic E-state index is -4.67. The predicted molar refractivity (Wildman–Crippen MR) is 144 cm³/mol. The second-order valence-corrected chi connectivity index (χ2v) is 13.5. The van der Waals surface area contributed by atoms with Crippen LogP contribution in [0.5, 0.6) is 0 Å². The molecule has 0 heterocycles. The van der Waals surface area contributed by atoms with Crippen molar-refractivity contribution in [2.45, 2.75) is 24.7 Å². The van der Waals surface area contributed by atoms with E-state index in [2.05, 4.69) is 0 Å². The Hall–Kier alpha value is -3.04. The summed E-state index contributed by atoms with van der Waals surface area (Å²) in [6.07, 6.45) is -18.7. The van der Waals surface area contributed by atoms with Crippen LogP contribution in [-0.2, 0) is 24.7 Å². The fourth-order valence-corrected chi connectivity index (χ4v) is 9.46. The molecule has 0 saturated carbocycles. The van der Waals surface area contributed by atoms with Gasteiger partial charge in [0.05, 0.1) is 22.3 Å². The van der Waals surface area contributed by atoms with Gasteiger partial charge in [-0.25, -0.2) is 0 Å². The third kappa shape index (κ3) is 8.12. The quantitative estimate of drug-likeness (QED) is 0.111. The van der Waals surface area contributed by atoms with Gasteiger partial charge in [-0.1, -0.05) is 64.1 Å². The van der Waals surface area contributed by atoms with Crippen LogP contribution in [0, 0.1) is 0 Å². The topological polar surface area (TPSA) is 0 Å². The van der Waals surface area contributed by atoms with Crippen molar-refractivity contribution in [3.05, 3.63) is 119 Å². The Morgan fingerprint density at radius 1 is 0.302 bits per heavy atom. The Balaban J connectivity index is 1.84. The molecule has 0 fully saturated rings. The van der Waals surface area contributed by atoms with Gasteiger partial charge in [-0.05, 0) is 69.7 Å². The Labute approximate surface area is 240 Å². The van der Waals surface area contributed by atoms with Gasteiger partial charge < -0.3 is 0 Å². The summed E-state index contributed by atoms with van der Waals surface area (Å²) in [6, 6.07) is 15.5. The Morgan fingerprint density at radius 2 is 0.465 bits per heavy atom. The highest BCUT2D eigenvalue weighted by molar-refractivity contribution is 8.24. The minimum Gasteiger partial charge on any atom is -0.166 e. The molecule has 0 unspecified atom stereocenters. The molecule has 4 rings (SSSR count). The van der Waals surface area contributed by atoms with Gasteiger partial charge in [-0.3, -0.25) is 0 Å². The molecule has 0 nitrogen and oxygen atoms in total. The van der Waals surface area contributed by atoms with Crippen LogP contribution >= 0.6 is 15.6 Å². The second-order valence-electron chi connectivity index (χ2n) is 9.03. The first-order valence-electron chi connectivity index (χ1n) is 12.0. The van der Waals surface area contributed by atoms with Crippen molar-refractivity contribution in [1.82, 2.24) is 0 Å². The summed E-state index contributed by atoms with van der Waals surface area (Å²) in [5.41, 5.74) is -3.92. The largest absolute Gasteiger partial charge is 0.416 e. The lowest BCUT2D eigenvalue weighted by molar-refractivity contribution is -0.138. The fourth-order valence-electron chi connectivity index (χ4n) is 3.92. The van der Waals surface area contributed by atoms with Gasteiger partial charge in [0.15, 0.2) is 0 Å². The first-order valence-corrected chi connectivity index (χ1v) is 14.8. The Kier molecular flexibility index (Phi) is 9.29. The molecule has 4 aromatic carbocycles. The average Bonchev–Trinajstić information content (AvgIpc) is 2.92. The molecule has 0 saturated heterocycles. The number of hydrogen-bond acceptors (Lipinski definition) is 0. The first-order chi connectivity index (χ1) is 19.8. The zero-order chi connectivity index (χ0) is 31.8. The predicted octanol–water partition coefficient (Wildman–Crippen LogP) is 8.86.